The summed E-state index contributed by atoms with van der Waals surface area (Å²) in [6.45, 7) is 0.868. The first-order chi connectivity index (χ1) is 13.7. The van der Waals surface area contributed by atoms with Crippen LogP contribution >= 0.6 is 11.3 Å². The second-order valence-corrected chi connectivity index (χ2v) is 8.80. The molecular weight excluding hydrogens is 374 g/mol. The highest BCUT2D eigenvalue weighted by molar-refractivity contribution is 7.18. The van der Waals surface area contributed by atoms with Gasteiger partial charge in [-0.15, -0.1) is 11.3 Å². The largest absolute Gasteiger partial charge is 0.467 e. The SMILES string of the molecule is O=C(CCn1cnc2sc3c(c2c1=O)CCCC3)N(Cc1ccco1)C1CC1. The molecule has 0 spiro atoms. The molecule has 3 heterocycles. The van der Waals surface area contributed by atoms with Crippen molar-refractivity contribution in [1.29, 1.82) is 0 Å². The molecule has 1 amide bonds. The third-order valence-electron chi connectivity index (χ3n) is 5.72. The average Bonchev–Trinajstić information content (AvgIpc) is 3.27. The Hall–Kier alpha value is -2.41. The monoisotopic (exact) mass is 397 g/mol. The van der Waals surface area contributed by atoms with Gasteiger partial charge in [0.2, 0.25) is 5.91 Å². The number of aromatic nitrogens is 2. The Morgan fingerprint density at radius 2 is 2.18 bits per heavy atom. The molecule has 0 atom stereocenters. The number of hydrogen-bond acceptors (Lipinski definition) is 5. The molecule has 0 N–H and O–H groups in total. The summed E-state index contributed by atoms with van der Waals surface area (Å²) in [6, 6.07) is 4.04. The maximum absolute atomic E-state index is 13.0. The smallest absolute Gasteiger partial charge is 0.262 e. The molecule has 5 rings (SSSR count). The van der Waals surface area contributed by atoms with Gasteiger partial charge >= 0.3 is 0 Å². The Morgan fingerprint density at radius 1 is 1.32 bits per heavy atom. The molecule has 6 nitrogen and oxygen atoms in total. The minimum Gasteiger partial charge on any atom is -0.467 e. The minimum absolute atomic E-state index is 0.00112. The van der Waals surface area contributed by atoms with Crippen LogP contribution in [0.5, 0.6) is 0 Å². The van der Waals surface area contributed by atoms with Crippen LogP contribution in [0.25, 0.3) is 10.2 Å². The molecule has 28 heavy (non-hydrogen) atoms. The highest BCUT2D eigenvalue weighted by Crippen LogP contribution is 2.33. The zero-order chi connectivity index (χ0) is 19.1. The fourth-order valence-electron chi connectivity index (χ4n) is 4.08. The van der Waals surface area contributed by atoms with Crippen molar-refractivity contribution in [2.75, 3.05) is 0 Å². The lowest BCUT2D eigenvalue weighted by Gasteiger charge is -2.21. The molecule has 0 radical (unpaired) electrons. The van der Waals surface area contributed by atoms with E-state index in [-0.39, 0.29) is 11.5 Å². The lowest BCUT2D eigenvalue weighted by molar-refractivity contribution is -0.132. The van der Waals surface area contributed by atoms with Crippen molar-refractivity contribution in [2.24, 2.45) is 0 Å². The lowest BCUT2D eigenvalue weighted by atomic mass is 9.97. The standard InChI is InChI=1S/C21H23N3O3S/c25-18(24(14-7-8-14)12-15-4-3-11-27-15)9-10-23-13-22-20-19(21(23)26)16-5-1-2-6-17(16)28-20/h3-4,11,13-14H,1-2,5-10,12H2. The number of carbonyl (C=O) groups excluding carboxylic acids is 1. The van der Waals surface area contributed by atoms with E-state index < -0.39 is 0 Å². The van der Waals surface area contributed by atoms with Gasteiger partial charge < -0.3 is 9.32 Å². The third kappa shape index (κ3) is 3.28. The van der Waals surface area contributed by atoms with E-state index in [1.807, 2.05) is 17.0 Å². The molecule has 0 bridgehead atoms. The van der Waals surface area contributed by atoms with Crippen LogP contribution in [0, 0.1) is 0 Å². The number of aryl methyl sites for hydroxylation is 3. The topological polar surface area (TPSA) is 68.3 Å². The van der Waals surface area contributed by atoms with Crippen molar-refractivity contribution < 1.29 is 9.21 Å². The molecule has 0 saturated heterocycles. The van der Waals surface area contributed by atoms with E-state index in [0.29, 0.717) is 25.6 Å². The van der Waals surface area contributed by atoms with Crippen molar-refractivity contribution in [1.82, 2.24) is 14.5 Å². The number of carbonyl (C=O) groups is 1. The molecule has 3 aromatic rings. The highest BCUT2D eigenvalue weighted by Gasteiger charge is 2.32. The van der Waals surface area contributed by atoms with Gasteiger partial charge in [-0.1, -0.05) is 0 Å². The van der Waals surface area contributed by atoms with Gasteiger partial charge in [0.05, 0.1) is 24.5 Å². The number of thiophene rings is 1. The summed E-state index contributed by atoms with van der Waals surface area (Å²) >= 11 is 1.66. The van der Waals surface area contributed by atoms with Crippen molar-refractivity contribution in [3.8, 4) is 0 Å². The van der Waals surface area contributed by atoms with E-state index in [0.717, 1.165) is 48.1 Å². The molecule has 146 valence electrons. The van der Waals surface area contributed by atoms with Gasteiger partial charge in [-0.25, -0.2) is 4.98 Å². The number of amides is 1. The van der Waals surface area contributed by atoms with Gasteiger partial charge in [0, 0.05) is 23.9 Å². The summed E-state index contributed by atoms with van der Waals surface area (Å²) in [6.07, 6.45) is 9.97. The summed E-state index contributed by atoms with van der Waals surface area (Å²) in [5, 5.41) is 0.782. The quantitative estimate of drug-likeness (QED) is 0.638. The Kier molecular flexibility index (Phi) is 4.55. The van der Waals surface area contributed by atoms with Gasteiger partial charge in [-0.2, -0.15) is 0 Å². The van der Waals surface area contributed by atoms with E-state index in [1.54, 1.807) is 28.5 Å². The summed E-state index contributed by atoms with van der Waals surface area (Å²) in [5.74, 6) is 0.864. The van der Waals surface area contributed by atoms with Crippen molar-refractivity contribution >= 4 is 27.5 Å². The van der Waals surface area contributed by atoms with Gasteiger partial charge in [0.1, 0.15) is 10.6 Å². The number of rotatable bonds is 6. The van der Waals surface area contributed by atoms with Gasteiger partial charge in [-0.3, -0.25) is 14.2 Å². The van der Waals surface area contributed by atoms with Crippen LogP contribution in [0.15, 0.2) is 33.9 Å². The Balaban J connectivity index is 1.34. The number of fused-ring (bicyclic) bond motifs is 3. The summed E-state index contributed by atoms with van der Waals surface area (Å²) in [5.41, 5.74) is 1.20. The molecule has 7 heteroatoms. The summed E-state index contributed by atoms with van der Waals surface area (Å²) < 4.78 is 7.02. The second kappa shape index (κ2) is 7.20. The number of hydrogen-bond donors (Lipinski definition) is 0. The molecule has 3 aromatic heterocycles. The van der Waals surface area contributed by atoms with Gasteiger partial charge in [-0.05, 0) is 56.2 Å². The van der Waals surface area contributed by atoms with Gasteiger partial charge in [0.15, 0.2) is 0 Å². The first-order valence-electron chi connectivity index (χ1n) is 10.0. The maximum atomic E-state index is 13.0. The molecule has 1 saturated carbocycles. The zero-order valence-electron chi connectivity index (χ0n) is 15.7. The molecular formula is C21H23N3O3S. The minimum atomic E-state index is 0.00112. The van der Waals surface area contributed by atoms with Crippen LogP contribution in [0.4, 0.5) is 0 Å². The van der Waals surface area contributed by atoms with Crippen molar-refractivity contribution in [3.05, 3.63) is 51.3 Å². The van der Waals surface area contributed by atoms with E-state index in [4.69, 9.17) is 4.42 Å². The molecule has 0 aliphatic heterocycles. The number of nitrogens with zero attached hydrogens (tertiary/aromatic N) is 3. The fourth-order valence-corrected chi connectivity index (χ4v) is 5.30. The van der Waals surface area contributed by atoms with Crippen molar-refractivity contribution in [2.45, 2.75) is 64.1 Å². The van der Waals surface area contributed by atoms with Crippen LogP contribution in [-0.4, -0.2) is 26.4 Å². The highest BCUT2D eigenvalue weighted by atomic mass is 32.1. The fraction of sp³-hybridized carbons (Fsp3) is 0.476. The Labute approximate surface area is 166 Å². The number of furan rings is 1. The summed E-state index contributed by atoms with van der Waals surface area (Å²) in [7, 11) is 0. The molecule has 0 unspecified atom stereocenters. The molecule has 2 aliphatic carbocycles. The second-order valence-electron chi connectivity index (χ2n) is 7.72. The summed E-state index contributed by atoms with van der Waals surface area (Å²) in [4.78, 5) is 34.4. The first kappa shape index (κ1) is 17.7. The molecule has 1 fully saturated rings. The van der Waals surface area contributed by atoms with Gasteiger partial charge in [0.25, 0.3) is 5.56 Å². The van der Waals surface area contributed by atoms with Crippen LogP contribution in [-0.2, 0) is 30.7 Å². The van der Waals surface area contributed by atoms with Crippen LogP contribution < -0.4 is 5.56 Å². The Morgan fingerprint density at radius 3 is 2.96 bits per heavy atom. The maximum Gasteiger partial charge on any atom is 0.262 e. The third-order valence-corrected chi connectivity index (χ3v) is 6.92. The predicted molar refractivity (Wildman–Crippen MR) is 107 cm³/mol. The first-order valence-corrected chi connectivity index (χ1v) is 10.8. The van der Waals surface area contributed by atoms with E-state index in [2.05, 4.69) is 4.98 Å². The van der Waals surface area contributed by atoms with E-state index in [1.165, 1.54) is 16.9 Å². The van der Waals surface area contributed by atoms with Crippen LogP contribution in [0.3, 0.4) is 0 Å². The van der Waals surface area contributed by atoms with E-state index >= 15 is 0 Å². The predicted octanol–water partition coefficient (Wildman–Crippen LogP) is 3.51. The van der Waals surface area contributed by atoms with E-state index in [9.17, 15) is 9.59 Å². The van der Waals surface area contributed by atoms with Crippen LogP contribution in [0.1, 0.15) is 48.3 Å². The molecule has 0 aromatic carbocycles. The van der Waals surface area contributed by atoms with Crippen molar-refractivity contribution in [3.63, 3.8) is 0 Å². The average molecular weight is 398 g/mol. The normalized spacial score (nSPS) is 16.3. The zero-order valence-corrected chi connectivity index (χ0v) is 16.5. The molecule has 2 aliphatic rings. The van der Waals surface area contributed by atoms with Crippen LogP contribution in [0.2, 0.25) is 0 Å². The lowest BCUT2D eigenvalue weighted by Crippen LogP contribution is -2.34. The Bertz CT molecular complexity index is 1060.